The lowest BCUT2D eigenvalue weighted by Crippen LogP contribution is -2.45. The molecule has 0 aromatic carbocycles. The van der Waals surface area contributed by atoms with E-state index in [0.717, 1.165) is 39.3 Å². The van der Waals surface area contributed by atoms with E-state index in [4.69, 9.17) is 4.74 Å². The van der Waals surface area contributed by atoms with Crippen LogP contribution in [0, 0.1) is 0 Å². The highest BCUT2D eigenvalue weighted by Crippen LogP contribution is 2.19. The third kappa shape index (κ3) is 4.13. The molecular weight excluding hydrogens is 266 g/mol. The molecule has 2 fully saturated rings. The minimum atomic E-state index is -3.09. The molecule has 0 radical (unpaired) electrons. The van der Waals surface area contributed by atoms with Gasteiger partial charge in [0.1, 0.15) is 0 Å². The predicted octanol–water partition coefficient (Wildman–Crippen LogP) is -0.668. The van der Waals surface area contributed by atoms with Gasteiger partial charge >= 0.3 is 0 Å². The maximum atomic E-state index is 12.2. The third-order valence-corrected chi connectivity index (χ3v) is 5.71. The largest absolute Gasteiger partial charge is 0.379 e. The normalized spacial score (nSPS) is 26.9. The van der Waals surface area contributed by atoms with Crippen LogP contribution in [0.3, 0.4) is 0 Å². The van der Waals surface area contributed by atoms with Crippen molar-refractivity contribution in [1.82, 2.24) is 14.5 Å². The lowest BCUT2D eigenvalue weighted by Gasteiger charge is -2.32. The number of morpholine rings is 1. The summed E-state index contributed by atoms with van der Waals surface area (Å²) >= 11 is 0. The average molecular weight is 291 g/mol. The van der Waals surface area contributed by atoms with Crippen molar-refractivity contribution in [2.24, 2.45) is 0 Å². The summed E-state index contributed by atoms with van der Waals surface area (Å²) in [5, 5.41) is 3.07. The number of ether oxygens (including phenoxy) is 1. The average Bonchev–Trinajstić information content (AvgIpc) is 2.90. The van der Waals surface area contributed by atoms with Gasteiger partial charge in [0.2, 0.25) is 10.0 Å². The second kappa shape index (κ2) is 6.99. The van der Waals surface area contributed by atoms with Gasteiger partial charge < -0.3 is 10.1 Å². The first-order valence-corrected chi connectivity index (χ1v) is 8.74. The summed E-state index contributed by atoms with van der Waals surface area (Å²) in [7, 11) is -3.09. The van der Waals surface area contributed by atoms with Crippen LogP contribution in [0.25, 0.3) is 0 Å². The van der Waals surface area contributed by atoms with Crippen LogP contribution in [0.1, 0.15) is 13.3 Å². The molecule has 0 aromatic rings. The summed E-state index contributed by atoms with van der Waals surface area (Å²) in [6.45, 7) is 8.03. The van der Waals surface area contributed by atoms with E-state index in [2.05, 4.69) is 10.2 Å². The van der Waals surface area contributed by atoms with Crippen LogP contribution >= 0.6 is 0 Å². The van der Waals surface area contributed by atoms with Crippen molar-refractivity contribution >= 4 is 10.0 Å². The van der Waals surface area contributed by atoms with Crippen LogP contribution in [-0.4, -0.2) is 81.9 Å². The summed E-state index contributed by atoms with van der Waals surface area (Å²) in [5.41, 5.74) is 0. The second-order valence-corrected chi connectivity index (χ2v) is 7.21. The van der Waals surface area contributed by atoms with Crippen molar-refractivity contribution < 1.29 is 13.2 Å². The van der Waals surface area contributed by atoms with Crippen molar-refractivity contribution in [3.63, 3.8) is 0 Å². The van der Waals surface area contributed by atoms with E-state index < -0.39 is 10.0 Å². The molecule has 0 bridgehead atoms. The predicted molar refractivity (Wildman–Crippen MR) is 74.7 cm³/mol. The van der Waals surface area contributed by atoms with Crippen LogP contribution in [0.5, 0.6) is 0 Å². The Labute approximate surface area is 116 Å². The molecule has 6 nitrogen and oxygen atoms in total. The monoisotopic (exact) mass is 291 g/mol. The lowest BCUT2D eigenvalue weighted by molar-refractivity contribution is 0.0197. The minimum Gasteiger partial charge on any atom is -0.379 e. The Kier molecular flexibility index (Phi) is 5.58. The maximum absolute atomic E-state index is 12.2. The first kappa shape index (κ1) is 15.2. The molecule has 0 amide bonds. The van der Waals surface area contributed by atoms with E-state index in [9.17, 15) is 8.42 Å². The molecule has 7 heteroatoms. The van der Waals surface area contributed by atoms with Gasteiger partial charge in [-0.2, -0.15) is 0 Å². The number of nitrogens with one attached hydrogen (secondary N) is 1. The Hall–Kier alpha value is -0.210. The first-order valence-electron chi connectivity index (χ1n) is 7.14. The van der Waals surface area contributed by atoms with Crippen LogP contribution < -0.4 is 5.32 Å². The quantitative estimate of drug-likeness (QED) is 0.658. The summed E-state index contributed by atoms with van der Waals surface area (Å²) in [4.78, 5) is 2.36. The van der Waals surface area contributed by atoms with E-state index in [1.807, 2.05) is 6.92 Å². The van der Waals surface area contributed by atoms with Crippen molar-refractivity contribution in [1.29, 1.82) is 0 Å². The first-order chi connectivity index (χ1) is 9.13. The molecule has 2 aliphatic heterocycles. The molecule has 2 aliphatic rings. The molecule has 0 saturated carbocycles. The summed E-state index contributed by atoms with van der Waals surface area (Å²) < 4.78 is 31.4. The lowest BCUT2D eigenvalue weighted by atomic mass is 10.2. The van der Waals surface area contributed by atoms with Crippen molar-refractivity contribution in [2.75, 3.05) is 58.2 Å². The Morgan fingerprint density at radius 2 is 2.00 bits per heavy atom. The van der Waals surface area contributed by atoms with Gasteiger partial charge in [-0.1, -0.05) is 6.92 Å². The van der Waals surface area contributed by atoms with E-state index >= 15 is 0 Å². The summed E-state index contributed by atoms with van der Waals surface area (Å²) in [6.07, 6.45) is 0.945. The fourth-order valence-electron chi connectivity index (χ4n) is 2.71. The van der Waals surface area contributed by atoms with Crippen molar-refractivity contribution in [3.8, 4) is 0 Å². The number of sulfonamides is 1. The molecule has 0 aliphatic carbocycles. The Morgan fingerprint density at radius 1 is 1.26 bits per heavy atom. The number of hydrogen-bond acceptors (Lipinski definition) is 5. The zero-order valence-electron chi connectivity index (χ0n) is 11.7. The topological polar surface area (TPSA) is 61.9 Å². The van der Waals surface area contributed by atoms with Crippen LogP contribution in [0.4, 0.5) is 0 Å². The molecule has 0 aromatic heterocycles. The number of hydrogen-bond donors (Lipinski definition) is 1. The number of nitrogens with zero attached hydrogens (tertiary/aromatic N) is 2. The van der Waals surface area contributed by atoms with Crippen LogP contribution in [0.2, 0.25) is 0 Å². The van der Waals surface area contributed by atoms with Crippen molar-refractivity contribution in [2.45, 2.75) is 19.4 Å². The van der Waals surface area contributed by atoms with Crippen LogP contribution in [-0.2, 0) is 14.8 Å². The van der Waals surface area contributed by atoms with Gasteiger partial charge in [0, 0.05) is 38.8 Å². The Morgan fingerprint density at radius 3 is 2.68 bits per heavy atom. The highest BCUT2D eigenvalue weighted by atomic mass is 32.2. The van der Waals surface area contributed by atoms with Gasteiger partial charge in [0.15, 0.2) is 0 Å². The van der Waals surface area contributed by atoms with E-state index in [-0.39, 0.29) is 5.75 Å². The fraction of sp³-hybridized carbons (Fsp3) is 1.00. The molecule has 2 heterocycles. The molecule has 1 unspecified atom stereocenters. The van der Waals surface area contributed by atoms with E-state index in [1.54, 1.807) is 4.31 Å². The van der Waals surface area contributed by atoms with Gasteiger partial charge in [-0.05, 0) is 13.0 Å². The Balaban J connectivity index is 1.83. The molecule has 1 N–H and O–H groups in total. The molecule has 0 spiro atoms. The molecule has 112 valence electrons. The van der Waals surface area contributed by atoms with Gasteiger partial charge in [-0.15, -0.1) is 0 Å². The van der Waals surface area contributed by atoms with Gasteiger partial charge in [0.05, 0.1) is 19.0 Å². The van der Waals surface area contributed by atoms with Gasteiger partial charge in [0.25, 0.3) is 0 Å². The van der Waals surface area contributed by atoms with Crippen molar-refractivity contribution in [3.05, 3.63) is 0 Å². The van der Waals surface area contributed by atoms with E-state index in [0.29, 0.717) is 25.7 Å². The third-order valence-electron chi connectivity index (χ3n) is 3.87. The van der Waals surface area contributed by atoms with E-state index in [1.165, 1.54) is 0 Å². The fourth-order valence-corrected chi connectivity index (χ4v) is 4.15. The van der Waals surface area contributed by atoms with Gasteiger partial charge in [-0.3, -0.25) is 4.90 Å². The molecule has 2 saturated heterocycles. The van der Waals surface area contributed by atoms with Crippen LogP contribution in [0.15, 0.2) is 0 Å². The maximum Gasteiger partial charge on any atom is 0.215 e. The zero-order valence-corrected chi connectivity index (χ0v) is 12.5. The highest BCUT2D eigenvalue weighted by Gasteiger charge is 2.34. The number of rotatable bonds is 6. The highest BCUT2D eigenvalue weighted by molar-refractivity contribution is 7.89. The molecule has 2 rings (SSSR count). The standard InChI is InChI=1S/C12H25N3O3S/c1-2-13-4-10-19(16,17)15-5-3-12(11-15)14-6-8-18-9-7-14/h12-13H,2-11H2,1H3. The minimum absolute atomic E-state index is 0.205. The smallest absolute Gasteiger partial charge is 0.215 e. The summed E-state index contributed by atoms with van der Waals surface area (Å²) in [5.74, 6) is 0.205. The SMILES string of the molecule is CCNCCS(=O)(=O)N1CCC(N2CCOCC2)C1. The molecule has 19 heavy (non-hydrogen) atoms. The van der Waals surface area contributed by atoms with Gasteiger partial charge in [-0.25, -0.2) is 12.7 Å². The zero-order chi connectivity index (χ0) is 13.7. The molecular formula is C12H25N3O3S. The molecule has 1 atom stereocenters. The Bertz CT molecular complexity index is 368. The second-order valence-electron chi connectivity index (χ2n) is 5.12. The summed E-state index contributed by atoms with van der Waals surface area (Å²) in [6, 6.07) is 0.373.